The fraction of sp³-hybridized carbons (Fsp3) is 0.692. The molecule has 0 N–H and O–H groups in total. The zero-order chi connectivity index (χ0) is 10.3. The lowest BCUT2D eigenvalue weighted by Gasteiger charge is -2.30. The van der Waals surface area contributed by atoms with Crippen LogP contribution in [-0.4, -0.2) is 0 Å². The maximum atomic E-state index is 3.87. The molecule has 1 aliphatic carbocycles. The maximum absolute atomic E-state index is 3.87. The van der Waals surface area contributed by atoms with Crippen LogP contribution in [0.15, 0.2) is 25.3 Å². The van der Waals surface area contributed by atoms with E-state index in [9.17, 15) is 0 Å². The first-order valence-electron chi connectivity index (χ1n) is 5.53. The standard InChI is InChI=1S/C11H18.C2H6/c1-4-10-7-6-9(3)8-11(10)5-2;1-2/h4-5,9-11H,1-2,6-8H2,3H3;1-2H3. The second-order valence-corrected chi connectivity index (χ2v) is 3.72. The van der Waals surface area contributed by atoms with E-state index in [-0.39, 0.29) is 0 Å². The van der Waals surface area contributed by atoms with Crippen LogP contribution < -0.4 is 0 Å². The van der Waals surface area contributed by atoms with Gasteiger partial charge in [-0.05, 0) is 30.6 Å². The van der Waals surface area contributed by atoms with Gasteiger partial charge in [0, 0.05) is 0 Å². The minimum absolute atomic E-state index is 0.691. The molecule has 0 bridgehead atoms. The van der Waals surface area contributed by atoms with E-state index < -0.39 is 0 Å². The van der Waals surface area contributed by atoms with Crippen molar-refractivity contribution in [3.05, 3.63) is 25.3 Å². The maximum Gasteiger partial charge on any atom is -0.0171 e. The van der Waals surface area contributed by atoms with Gasteiger partial charge in [-0.15, -0.1) is 13.2 Å². The van der Waals surface area contributed by atoms with Crippen molar-refractivity contribution >= 4 is 0 Å². The van der Waals surface area contributed by atoms with Crippen molar-refractivity contribution in [2.75, 3.05) is 0 Å². The summed E-state index contributed by atoms with van der Waals surface area (Å²) in [4.78, 5) is 0. The number of hydrogen-bond donors (Lipinski definition) is 0. The highest BCUT2D eigenvalue weighted by Crippen LogP contribution is 2.34. The fourth-order valence-corrected chi connectivity index (χ4v) is 2.01. The minimum atomic E-state index is 0.691. The van der Waals surface area contributed by atoms with Crippen LogP contribution in [0.4, 0.5) is 0 Å². The molecule has 0 saturated heterocycles. The van der Waals surface area contributed by atoms with Crippen LogP contribution in [0.2, 0.25) is 0 Å². The van der Waals surface area contributed by atoms with Crippen molar-refractivity contribution in [2.45, 2.75) is 40.0 Å². The molecule has 0 heteroatoms. The Hall–Kier alpha value is -0.520. The summed E-state index contributed by atoms with van der Waals surface area (Å²) in [7, 11) is 0. The molecule has 0 aliphatic heterocycles. The lowest BCUT2D eigenvalue weighted by Crippen LogP contribution is -2.20. The molecule has 1 aliphatic rings. The van der Waals surface area contributed by atoms with Gasteiger partial charge in [0.1, 0.15) is 0 Å². The van der Waals surface area contributed by atoms with Gasteiger partial charge >= 0.3 is 0 Å². The molecule has 1 rings (SSSR count). The number of rotatable bonds is 2. The van der Waals surface area contributed by atoms with Crippen LogP contribution in [0, 0.1) is 17.8 Å². The third kappa shape index (κ3) is 3.80. The molecule has 3 atom stereocenters. The van der Waals surface area contributed by atoms with Gasteiger partial charge in [0.15, 0.2) is 0 Å². The zero-order valence-corrected chi connectivity index (χ0v) is 9.42. The van der Waals surface area contributed by atoms with Crippen molar-refractivity contribution in [3.8, 4) is 0 Å². The third-order valence-electron chi connectivity index (χ3n) is 2.82. The Labute approximate surface area is 83.7 Å². The monoisotopic (exact) mass is 180 g/mol. The van der Waals surface area contributed by atoms with Crippen molar-refractivity contribution < 1.29 is 0 Å². The molecule has 0 amide bonds. The van der Waals surface area contributed by atoms with Gasteiger partial charge < -0.3 is 0 Å². The largest absolute Gasteiger partial charge is 0.103 e. The topological polar surface area (TPSA) is 0 Å². The molecule has 0 aromatic rings. The van der Waals surface area contributed by atoms with Crippen molar-refractivity contribution in [1.82, 2.24) is 0 Å². The predicted octanol–water partition coefficient (Wildman–Crippen LogP) is 4.44. The first-order valence-corrected chi connectivity index (χ1v) is 5.53. The lowest BCUT2D eigenvalue weighted by atomic mass is 9.75. The molecule has 0 heterocycles. The summed E-state index contributed by atoms with van der Waals surface area (Å²) in [5, 5.41) is 0. The van der Waals surface area contributed by atoms with E-state index in [1.807, 2.05) is 13.8 Å². The highest BCUT2D eigenvalue weighted by molar-refractivity contribution is 4.96. The van der Waals surface area contributed by atoms with Crippen LogP contribution in [0.5, 0.6) is 0 Å². The molecule has 3 unspecified atom stereocenters. The van der Waals surface area contributed by atoms with E-state index in [0.29, 0.717) is 11.8 Å². The first kappa shape index (κ1) is 12.5. The summed E-state index contributed by atoms with van der Waals surface area (Å²) in [5.41, 5.74) is 0. The molecule has 0 radical (unpaired) electrons. The molecule has 0 aromatic heterocycles. The van der Waals surface area contributed by atoms with Crippen LogP contribution in [0.1, 0.15) is 40.0 Å². The molecule has 0 nitrogen and oxygen atoms in total. The van der Waals surface area contributed by atoms with Crippen molar-refractivity contribution in [1.29, 1.82) is 0 Å². The van der Waals surface area contributed by atoms with E-state index in [0.717, 1.165) is 5.92 Å². The van der Waals surface area contributed by atoms with E-state index >= 15 is 0 Å². The Balaban J connectivity index is 0.000000671. The Kier molecular flexibility index (Phi) is 6.66. The second kappa shape index (κ2) is 6.94. The van der Waals surface area contributed by atoms with Gasteiger partial charge in [0.25, 0.3) is 0 Å². The van der Waals surface area contributed by atoms with Crippen LogP contribution in [-0.2, 0) is 0 Å². The average molecular weight is 180 g/mol. The number of allylic oxidation sites excluding steroid dienone is 2. The van der Waals surface area contributed by atoms with E-state index in [4.69, 9.17) is 0 Å². The zero-order valence-electron chi connectivity index (χ0n) is 9.42. The van der Waals surface area contributed by atoms with E-state index in [1.165, 1.54) is 19.3 Å². The fourth-order valence-electron chi connectivity index (χ4n) is 2.01. The molecular weight excluding hydrogens is 156 g/mol. The molecular formula is C13H24. The molecule has 1 fully saturated rings. The van der Waals surface area contributed by atoms with E-state index in [2.05, 4.69) is 32.2 Å². The Morgan fingerprint density at radius 2 is 1.54 bits per heavy atom. The second-order valence-electron chi connectivity index (χ2n) is 3.72. The Bertz CT molecular complexity index is 146. The van der Waals surface area contributed by atoms with Gasteiger partial charge in [0.2, 0.25) is 0 Å². The summed E-state index contributed by atoms with van der Waals surface area (Å²) in [6.07, 6.45) is 8.17. The van der Waals surface area contributed by atoms with Gasteiger partial charge in [-0.3, -0.25) is 0 Å². The van der Waals surface area contributed by atoms with E-state index in [1.54, 1.807) is 0 Å². The normalized spacial score (nSPS) is 32.7. The quantitative estimate of drug-likeness (QED) is 0.551. The van der Waals surface area contributed by atoms with Crippen LogP contribution in [0.25, 0.3) is 0 Å². The minimum Gasteiger partial charge on any atom is -0.103 e. The third-order valence-corrected chi connectivity index (χ3v) is 2.82. The van der Waals surface area contributed by atoms with Gasteiger partial charge in [-0.2, -0.15) is 0 Å². The number of hydrogen-bond acceptors (Lipinski definition) is 0. The van der Waals surface area contributed by atoms with Gasteiger partial charge in [0.05, 0.1) is 0 Å². The summed E-state index contributed by atoms with van der Waals surface area (Å²) < 4.78 is 0. The molecule has 0 aromatic carbocycles. The first-order chi connectivity index (χ1) is 6.27. The smallest absolute Gasteiger partial charge is 0.0171 e. The SMILES string of the molecule is C=CC1CCC(C)CC1C=C.CC. The van der Waals surface area contributed by atoms with Crippen LogP contribution in [0.3, 0.4) is 0 Å². The summed E-state index contributed by atoms with van der Waals surface area (Å²) in [6, 6.07) is 0. The summed E-state index contributed by atoms with van der Waals surface area (Å²) >= 11 is 0. The summed E-state index contributed by atoms with van der Waals surface area (Å²) in [6.45, 7) is 14.1. The molecule has 13 heavy (non-hydrogen) atoms. The van der Waals surface area contributed by atoms with Crippen molar-refractivity contribution in [3.63, 3.8) is 0 Å². The molecule has 0 spiro atoms. The van der Waals surface area contributed by atoms with Gasteiger partial charge in [-0.1, -0.05) is 39.3 Å². The van der Waals surface area contributed by atoms with Crippen LogP contribution >= 0.6 is 0 Å². The highest BCUT2D eigenvalue weighted by Gasteiger charge is 2.23. The molecule has 1 saturated carbocycles. The van der Waals surface area contributed by atoms with Crippen molar-refractivity contribution in [2.24, 2.45) is 17.8 Å². The highest BCUT2D eigenvalue weighted by atomic mass is 14.3. The average Bonchev–Trinajstić information content (AvgIpc) is 2.20. The van der Waals surface area contributed by atoms with Gasteiger partial charge in [-0.25, -0.2) is 0 Å². The Morgan fingerprint density at radius 1 is 1.00 bits per heavy atom. The summed E-state index contributed by atoms with van der Waals surface area (Å²) in [5.74, 6) is 2.27. The predicted molar refractivity (Wildman–Crippen MR) is 61.7 cm³/mol. The lowest BCUT2D eigenvalue weighted by molar-refractivity contribution is 0.267. The molecule has 76 valence electrons. The Morgan fingerprint density at radius 3 is 2.00 bits per heavy atom.